The Hall–Kier alpha value is -2.15. The molecule has 224 valence electrons. The van der Waals surface area contributed by atoms with E-state index in [0.29, 0.717) is 17.2 Å². The zero-order valence-corrected chi connectivity index (χ0v) is 26.3. The number of rotatable bonds is 13. The lowest BCUT2D eigenvalue weighted by molar-refractivity contribution is -0.139. The Balaban J connectivity index is 1.37. The number of unbranched alkanes of at least 4 members (excludes halogenated alkanes) is 1. The molecule has 0 aromatic carbocycles. The Morgan fingerprint density at radius 3 is 2.65 bits per heavy atom. The number of anilines is 1. The molecule has 5 atom stereocenters. The Morgan fingerprint density at radius 2 is 1.95 bits per heavy atom. The van der Waals surface area contributed by atoms with E-state index in [2.05, 4.69) is 63.6 Å². The number of nitrogens with two attached hydrogens (primary N) is 1. The lowest BCUT2D eigenvalue weighted by atomic mass is 9.78. The topological polar surface area (TPSA) is 79.8 Å². The molecule has 1 amide bonds. The van der Waals surface area contributed by atoms with Gasteiger partial charge in [-0.25, -0.2) is 9.50 Å². The van der Waals surface area contributed by atoms with Gasteiger partial charge in [0.15, 0.2) is 5.65 Å². The van der Waals surface area contributed by atoms with Crippen molar-refractivity contribution in [2.75, 3.05) is 24.5 Å². The lowest BCUT2D eigenvalue weighted by Crippen LogP contribution is -2.41. The quantitative estimate of drug-likeness (QED) is 0.269. The van der Waals surface area contributed by atoms with E-state index in [1.54, 1.807) is 0 Å². The average Bonchev–Trinajstić information content (AvgIpc) is 3.56. The van der Waals surface area contributed by atoms with E-state index in [0.717, 1.165) is 74.5 Å². The molecule has 0 aliphatic carbocycles. The van der Waals surface area contributed by atoms with Gasteiger partial charge in [0.1, 0.15) is 5.82 Å². The summed E-state index contributed by atoms with van der Waals surface area (Å²) in [5.74, 6) is 1.92. The van der Waals surface area contributed by atoms with Crippen molar-refractivity contribution < 1.29 is 4.79 Å². The highest BCUT2D eigenvalue weighted by molar-refractivity contribution is 5.79. The molecule has 2 aliphatic rings. The third-order valence-corrected chi connectivity index (χ3v) is 9.89. The van der Waals surface area contributed by atoms with Gasteiger partial charge >= 0.3 is 0 Å². The van der Waals surface area contributed by atoms with Crippen molar-refractivity contribution in [1.29, 1.82) is 0 Å². The van der Waals surface area contributed by atoms with Crippen molar-refractivity contribution in [1.82, 2.24) is 19.5 Å². The first-order chi connectivity index (χ1) is 19.1. The number of aryl methyl sites for hydroxylation is 1. The van der Waals surface area contributed by atoms with Crippen molar-refractivity contribution in [2.45, 2.75) is 131 Å². The highest BCUT2D eigenvalue weighted by Gasteiger charge is 2.33. The number of piperidine rings is 1. The Labute approximate surface area is 243 Å². The van der Waals surface area contributed by atoms with Crippen molar-refractivity contribution >= 4 is 17.4 Å². The highest BCUT2D eigenvalue weighted by atomic mass is 16.2. The molecule has 4 rings (SSSR count). The van der Waals surface area contributed by atoms with Crippen LogP contribution in [0.3, 0.4) is 0 Å². The second-order valence-corrected chi connectivity index (χ2v) is 13.6. The number of carbonyl (C=O) groups is 1. The molecule has 7 nitrogen and oxygen atoms in total. The van der Waals surface area contributed by atoms with Gasteiger partial charge in [-0.2, -0.15) is 5.10 Å². The zero-order chi connectivity index (χ0) is 28.9. The molecule has 0 spiro atoms. The van der Waals surface area contributed by atoms with Crippen LogP contribution in [0.25, 0.3) is 5.65 Å². The average molecular weight is 553 g/mol. The molecule has 4 heterocycles. The first kappa shape index (κ1) is 30.8. The molecule has 7 heteroatoms. The Kier molecular flexibility index (Phi) is 10.5. The van der Waals surface area contributed by atoms with Crippen LogP contribution in [-0.4, -0.2) is 51.1 Å². The third kappa shape index (κ3) is 7.37. The summed E-state index contributed by atoms with van der Waals surface area (Å²) in [5, 5.41) is 4.94. The SMILES string of the molecule is CCCC(C)(CC)CCCCC(C)CC(C)C(=O)N1CCCCC1c1cc2nc(N3CCC(N)C3)c(C)cn2n1. The molecule has 2 fully saturated rings. The number of fused-ring (bicyclic) bond motifs is 1. The van der Waals surface area contributed by atoms with Crippen molar-refractivity contribution in [3.63, 3.8) is 0 Å². The third-order valence-electron chi connectivity index (χ3n) is 9.89. The fraction of sp³-hybridized carbons (Fsp3) is 0.788. The van der Waals surface area contributed by atoms with Gasteiger partial charge in [-0.1, -0.05) is 66.7 Å². The molecule has 40 heavy (non-hydrogen) atoms. The largest absolute Gasteiger partial charge is 0.355 e. The molecule has 2 saturated heterocycles. The lowest BCUT2D eigenvalue weighted by Gasteiger charge is -2.36. The van der Waals surface area contributed by atoms with Gasteiger partial charge in [0.05, 0.1) is 11.7 Å². The summed E-state index contributed by atoms with van der Waals surface area (Å²) in [6.45, 7) is 16.3. The summed E-state index contributed by atoms with van der Waals surface area (Å²) in [7, 11) is 0. The summed E-state index contributed by atoms with van der Waals surface area (Å²) in [4.78, 5) is 23.2. The maximum absolute atomic E-state index is 13.8. The van der Waals surface area contributed by atoms with E-state index in [4.69, 9.17) is 15.8 Å². The van der Waals surface area contributed by atoms with Crippen LogP contribution in [0.15, 0.2) is 12.3 Å². The van der Waals surface area contributed by atoms with E-state index in [1.165, 1.54) is 44.9 Å². The number of hydrogen-bond acceptors (Lipinski definition) is 5. The minimum absolute atomic E-state index is 0.0370. The van der Waals surface area contributed by atoms with Gasteiger partial charge in [-0.15, -0.1) is 0 Å². The molecule has 0 saturated carbocycles. The van der Waals surface area contributed by atoms with E-state index < -0.39 is 0 Å². The standard InChI is InChI=1S/C33H56N6O/c1-7-16-33(6,8-2)17-11-9-13-24(3)20-25(4)32(40)38-18-12-10-14-29(38)28-21-30-35-31(26(5)22-39(30)36-28)37-19-15-27(34)23-37/h21-22,24-25,27,29H,7-20,23,34H2,1-6H3. The highest BCUT2D eigenvalue weighted by Crippen LogP contribution is 2.35. The van der Waals surface area contributed by atoms with Crippen molar-refractivity contribution in [3.05, 3.63) is 23.5 Å². The van der Waals surface area contributed by atoms with Gasteiger partial charge < -0.3 is 15.5 Å². The molecular formula is C33H56N6O. The smallest absolute Gasteiger partial charge is 0.225 e. The molecule has 5 unspecified atom stereocenters. The Morgan fingerprint density at radius 1 is 1.15 bits per heavy atom. The maximum atomic E-state index is 13.8. The van der Waals surface area contributed by atoms with E-state index in [9.17, 15) is 4.79 Å². The maximum Gasteiger partial charge on any atom is 0.225 e. The summed E-state index contributed by atoms with van der Waals surface area (Å²) in [6, 6.07) is 2.35. The molecule has 0 bridgehead atoms. The molecule has 0 radical (unpaired) electrons. The number of nitrogens with zero attached hydrogens (tertiary/aromatic N) is 5. The van der Waals surface area contributed by atoms with Crippen molar-refractivity contribution in [2.24, 2.45) is 23.0 Å². The van der Waals surface area contributed by atoms with Crippen LogP contribution < -0.4 is 10.6 Å². The summed E-state index contributed by atoms with van der Waals surface area (Å²) >= 11 is 0. The van der Waals surface area contributed by atoms with Crippen LogP contribution in [0, 0.1) is 24.2 Å². The first-order valence-electron chi connectivity index (χ1n) is 16.3. The van der Waals surface area contributed by atoms with Gasteiger partial charge in [-0.05, 0) is 63.2 Å². The Bertz CT molecular complexity index is 1110. The number of aromatic nitrogens is 3. The van der Waals surface area contributed by atoms with Gasteiger partial charge in [0.25, 0.3) is 0 Å². The van der Waals surface area contributed by atoms with Crippen LogP contribution >= 0.6 is 0 Å². The predicted molar refractivity (Wildman–Crippen MR) is 166 cm³/mol. The van der Waals surface area contributed by atoms with Crippen LogP contribution in [0.1, 0.15) is 129 Å². The molecular weight excluding hydrogens is 496 g/mol. The van der Waals surface area contributed by atoms with Crippen LogP contribution in [0.5, 0.6) is 0 Å². The van der Waals surface area contributed by atoms with Gasteiger partial charge in [0.2, 0.25) is 5.91 Å². The fourth-order valence-corrected chi connectivity index (χ4v) is 7.22. The molecule has 2 aromatic rings. The normalized spacial score (nSPS) is 23.0. The number of amides is 1. The number of likely N-dealkylation sites (tertiary alicyclic amines) is 1. The van der Waals surface area contributed by atoms with Crippen LogP contribution in [-0.2, 0) is 4.79 Å². The van der Waals surface area contributed by atoms with Crippen LogP contribution in [0.2, 0.25) is 0 Å². The van der Waals surface area contributed by atoms with E-state index >= 15 is 0 Å². The summed E-state index contributed by atoms with van der Waals surface area (Å²) in [6.07, 6.45) is 16.2. The van der Waals surface area contributed by atoms with Crippen molar-refractivity contribution in [3.8, 4) is 0 Å². The van der Waals surface area contributed by atoms with Gasteiger partial charge in [0, 0.05) is 49.4 Å². The number of hydrogen-bond donors (Lipinski definition) is 1. The number of carbonyl (C=O) groups excluding carboxylic acids is 1. The van der Waals surface area contributed by atoms with E-state index in [-0.39, 0.29) is 18.0 Å². The predicted octanol–water partition coefficient (Wildman–Crippen LogP) is 7.07. The summed E-state index contributed by atoms with van der Waals surface area (Å²) in [5.41, 5.74) is 9.60. The molecule has 2 aromatic heterocycles. The first-order valence-corrected chi connectivity index (χ1v) is 16.3. The van der Waals surface area contributed by atoms with Gasteiger partial charge in [-0.3, -0.25) is 4.79 Å². The molecule has 2 N–H and O–H groups in total. The molecule has 2 aliphatic heterocycles. The van der Waals surface area contributed by atoms with E-state index in [1.807, 2.05) is 4.52 Å². The van der Waals surface area contributed by atoms with Crippen LogP contribution in [0.4, 0.5) is 5.82 Å². The summed E-state index contributed by atoms with van der Waals surface area (Å²) < 4.78 is 1.90. The minimum atomic E-state index is 0.0370. The monoisotopic (exact) mass is 552 g/mol. The zero-order valence-electron chi connectivity index (χ0n) is 26.3. The minimum Gasteiger partial charge on any atom is -0.355 e. The fourth-order valence-electron chi connectivity index (χ4n) is 7.22. The second-order valence-electron chi connectivity index (χ2n) is 13.6. The second kappa shape index (κ2) is 13.7.